The summed E-state index contributed by atoms with van der Waals surface area (Å²) < 4.78 is 0. The topological polar surface area (TPSA) is 92.5 Å². The number of hydrogen-bond donors (Lipinski definition) is 2. The van der Waals surface area contributed by atoms with Crippen LogP contribution in [0.4, 0.5) is 11.4 Å². The second-order valence-electron chi connectivity index (χ2n) is 4.08. The third-order valence-electron chi connectivity index (χ3n) is 2.80. The Kier molecular flexibility index (Phi) is 3.27. The van der Waals surface area contributed by atoms with E-state index in [-0.39, 0.29) is 11.6 Å². The van der Waals surface area contributed by atoms with E-state index in [0.29, 0.717) is 5.69 Å². The van der Waals surface area contributed by atoms with Crippen LogP contribution in [0.15, 0.2) is 30.4 Å². The van der Waals surface area contributed by atoms with Crippen LogP contribution in [0.25, 0.3) is 0 Å². The van der Waals surface area contributed by atoms with Gasteiger partial charge in [-0.05, 0) is 25.0 Å². The highest BCUT2D eigenvalue weighted by Gasteiger charge is 2.20. The van der Waals surface area contributed by atoms with Crippen molar-refractivity contribution in [3.8, 4) is 0 Å². The number of nitro benzene ring substituents is 1. The lowest BCUT2D eigenvalue weighted by Crippen LogP contribution is -2.15. The SMILES string of the molecule is O=C(O)c1cc(NC2CC=CC2)ccc1[N+](=O)[O-]. The van der Waals surface area contributed by atoms with Crippen molar-refractivity contribution in [1.82, 2.24) is 0 Å². The minimum atomic E-state index is -1.30. The van der Waals surface area contributed by atoms with E-state index in [2.05, 4.69) is 5.32 Å². The Morgan fingerprint density at radius 1 is 1.39 bits per heavy atom. The van der Waals surface area contributed by atoms with Crippen LogP contribution in [0.3, 0.4) is 0 Å². The number of hydrogen-bond acceptors (Lipinski definition) is 4. The molecule has 0 radical (unpaired) electrons. The molecule has 6 nitrogen and oxygen atoms in total. The Labute approximate surface area is 103 Å². The third-order valence-corrected chi connectivity index (χ3v) is 2.80. The van der Waals surface area contributed by atoms with Gasteiger partial charge in [0, 0.05) is 17.8 Å². The zero-order valence-electron chi connectivity index (χ0n) is 9.50. The predicted octanol–water partition coefficient (Wildman–Crippen LogP) is 2.42. The molecule has 18 heavy (non-hydrogen) atoms. The molecule has 2 N–H and O–H groups in total. The minimum Gasteiger partial charge on any atom is -0.477 e. The number of carbonyl (C=O) groups is 1. The lowest BCUT2D eigenvalue weighted by atomic mass is 10.1. The molecular weight excluding hydrogens is 236 g/mol. The molecule has 0 bridgehead atoms. The number of nitrogens with one attached hydrogen (secondary N) is 1. The van der Waals surface area contributed by atoms with Crippen molar-refractivity contribution in [3.63, 3.8) is 0 Å². The van der Waals surface area contributed by atoms with Crippen molar-refractivity contribution in [3.05, 3.63) is 46.0 Å². The molecule has 0 saturated carbocycles. The van der Waals surface area contributed by atoms with Crippen molar-refractivity contribution in [2.24, 2.45) is 0 Å². The molecule has 1 aromatic carbocycles. The van der Waals surface area contributed by atoms with E-state index < -0.39 is 16.6 Å². The first kappa shape index (κ1) is 12.1. The van der Waals surface area contributed by atoms with Crippen LogP contribution in [0, 0.1) is 10.1 Å². The summed E-state index contributed by atoms with van der Waals surface area (Å²) in [7, 11) is 0. The summed E-state index contributed by atoms with van der Waals surface area (Å²) in [4.78, 5) is 21.0. The van der Waals surface area contributed by atoms with Crippen LogP contribution in [-0.2, 0) is 0 Å². The van der Waals surface area contributed by atoms with Crippen molar-refractivity contribution in [2.75, 3.05) is 5.32 Å². The Hall–Kier alpha value is -2.37. The number of nitro groups is 1. The van der Waals surface area contributed by atoms with E-state index in [4.69, 9.17) is 5.11 Å². The van der Waals surface area contributed by atoms with Crippen molar-refractivity contribution in [2.45, 2.75) is 18.9 Å². The molecule has 0 heterocycles. The second kappa shape index (κ2) is 4.87. The van der Waals surface area contributed by atoms with Crippen LogP contribution < -0.4 is 5.32 Å². The first-order valence-electron chi connectivity index (χ1n) is 5.51. The van der Waals surface area contributed by atoms with E-state index in [1.165, 1.54) is 18.2 Å². The second-order valence-corrected chi connectivity index (χ2v) is 4.08. The average Bonchev–Trinajstić information content (AvgIpc) is 2.81. The standard InChI is InChI=1S/C12H12N2O4/c15-12(16)10-7-9(5-6-11(10)14(17)18)13-8-3-1-2-4-8/h1-2,5-8,13H,3-4H2,(H,15,16). The van der Waals surface area contributed by atoms with E-state index in [1.54, 1.807) is 0 Å². The molecule has 6 heteroatoms. The molecule has 0 spiro atoms. The average molecular weight is 248 g/mol. The molecule has 1 aliphatic carbocycles. The lowest BCUT2D eigenvalue weighted by Gasteiger charge is -2.13. The van der Waals surface area contributed by atoms with E-state index >= 15 is 0 Å². The van der Waals surface area contributed by atoms with Crippen LogP contribution in [0.5, 0.6) is 0 Å². The fourth-order valence-electron chi connectivity index (χ4n) is 1.93. The lowest BCUT2D eigenvalue weighted by molar-refractivity contribution is -0.385. The van der Waals surface area contributed by atoms with Crippen molar-refractivity contribution >= 4 is 17.3 Å². The van der Waals surface area contributed by atoms with Gasteiger partial charge in [-0.25, -0.2) is 4.79 Å². The summed E-state index contributed by atoms with van der Waals surface area (Å²) in [5.41, 5.74) is -0.0970. The van der Waals surface area contributed by atoms with E-state index in [9.17, 15) is 14.9 Å². The number of anilines is 1. The normalized spacial score (nSPS) is 14.7. The highest BCUT2D eigenvalue weighted by atomic mass is 16.6. The molecule has 1 aliphatic rings. The molecule has 0 aliphatic heterocycles. The molecular formula is C12H12N2O4. The van der Waals surface area contributed by atoms with E-state index in [0.717, 1.165) is 12.8 Å². The Morgan fingerprint density at radius 2 is 2.06 bits per heavy atom. The number of benzene rings is 1. The summed E-state index contributed by atoms with van der Waals surface area (Å²) >= 11 is 0. The van der Waals surface area contributed by atoms with Crippen LogP contribution in [0.1, 0.15) is 23.2 Å². The van der Waals surface area contributed by atoms with Gasteiger partial charge in [0.05, 0.1) is 4.92 Å². The summed E-state index contributed by atoms with van der Waals surface area (Å²) in [6, 6.07) is 4.28. The highest BCUT2D eigenvalue weighted by Crippen LogP contribution is 2.24. The summed E-state index contributed by atoms with van der Waals surface area (Å²) in [5.74, 6) is -1.30. The summed E-state index contributed by atoms with van der Waals surface area (Å²) in [6.45, 7) is 0. The van der Waals surface area contributed by atoms with Crippen molar-refractivity contribution in [1.29, 1.82) is 0 Å². The largest absolute Gasteiger partial charge is 0.477 e. The van der Waals surface area contributed by atoms with Gasteiger partial charge in [-0.1, -0.05) is 12.2 Å². The first-order valence-corrected chi connectivity index (χ1v) is 5.51. The Morgan fingerprint density at radius 3 is 2.61 bits per heavy atom. The predicted molar refractivity (Wildman–Crippen MR) is 65.8 cm³/mol. The Balaban J connectivity index is 2.25. The molecule has 0 amide bonds. The quantitative estimate of drug-likeness (QED) is 0.485. The molecule has 94 valence electrons. The zero-order chi connectivity index (χ0) is 13.1. The first-order chi connectivity index (χ1) is 8.58. The van der Waals surface area contributed by atoms with Gasteiger partial charge < -0.3 is 10.4 Å². The molecule has 0 atom stereocenters. The fourth-order valence-corrected chi connectivity index (χ4v) is 1.93. The van der Waals surface area contributed by atoms with Gasteiger partial charge in [0.15, 0.2) is 0 Å². The maximum atomic E-state index is 11.0. The smallest absolute Gasteiger partial charge is 0.342 e. The minimum absolute atomic E-state index is 0.230. The maximum absolute atomic E-state index is 11.0. The molecule has 0 aromatic heterocycles. The molecule has 2 rings (SSSR count). The monoisotopic (exact) mass is 248 g/mol. The zero-order valence-corrected chi connectivity index (χ0v) is 9.50. The number of rotatable bonds is 4. The number of carboxylic acids is 1. The van der Waals surface area contributed by atoms with Crippen LogP contribution in [0.2, 0.25) is 0 Å². The van der Waals surface area contributed by atoms with Gasteiger partial charge in [0.1, 0.15) is 5.56 Å². The van der Waals surface area contributed by atoms with Gasteiger partial charge in [-0.2, -0.15) is 0 Å². The maximum Gasteiger partial charge on any atom is 0.342 e. The Bertz CT molecular complexity index is 517. The molecule has 0 fully saturated rings. The number of carboxylic acid groups (broad SMARTS) is 1. The van der Waals surface area contributed by atoms with Gasteiger partial charge in [0.25, 0.3) is 5.69 Å². The fraction of sp³-hybridized carbons (Fsp3) is 0.250. The van der Waals surface area contributed by atoms with Crippen LogP contribution in [-0.4, -0.2) is 22.0 Å². The summed E-state index contributed by atoms with van der Waals surface area (Å²) in [6.07, 6.45) is 5.83. The molecule has 0 saturated heterocycles. The number of aromatic carboxylic acids is 1. The van der Waals surface area contributed by atoms with Gasteiger partial charge >= 0.3 is 5.97 Å². The van der Waals surface area contributed by atoms with Gasteiger partial charge in [-0.15, -0.1) is 0 Å². The molecule has 0 unspecified atom stereocenters. The van der Waals surface area contributed by atoms with Crippen LogP contribution >= 0.6 is 0 Å². The molecule has 1 aromatic rings. The number of nitrogens with zero attached hydrogens (tertiary/aromatic N) is 1. The van der Waals surface area contributed by atoms with Crippen molar-refractivity contribution < 1.29 is 14.8 Å². The van der Waals surface area contributed by atoms with Gasteiger partial charge in [0.2, 0.25) is 0 Å². The highest BCUT2D eigenvalue weighted by molar-refractivity contribution is 5.93. The van der Waals surface area contributed by atoms with E-state index in [1.807, 2.05) is 12.2 Å². The third kappa shape index (κ3) is 2.48. The van der Waals surface area contributed by atoms with Gasteiger partial charge in [-0.3, -0.25) is 10.1 Å². The summed E-state index contributed by atoms with van der Waals surface area (Å²) in [5, 5.41) is 22.8.